The van der Waals surface area contributed by atoms with Gasteiger partial charge in [0.25, 0.3) is 5.91 Å². The molecule has 1 heterocycles. The first-order chi connectivity index (χ1) is 11.2. The first kappa shape index (κ1) is 18.4. The third-order valence-corrected chi connectivity index (χ3v) is 5.94. The van der Waals surface area contributed by atoms with Crippen molar-refractivity contribution in [2.75, 3.05) is 18.1 Å². The van der Waals surface area contributed by atoms with Crippen LogP contribution in [0.25, 0.3) is 0 Å². The predicted octanol–water partition coefficient (Wildman–Crippen LogP) is 1.58. The second kappa shape index (κ2) is 7.34. The summed E-state index contributed by atoms with van der Waals surface area (Å²) in [5.41, 5.74) is 1.40. The van der Waals surface area contributed by atoms with Gasteiger partial charge in [0.1, 0.15) is 0 Å². The van der Waals surface area contributed by atoms with Crippen molar-refractivity contribution in [3.8, 4) is 0 Å². The summed E-state index contributed by atoms with van der Waals surface area (Å²) in [6.07, 6.45) is -0.525. The zero-order chi connectivity index (χ0) is 17.9. The largest absolute Gasteiger partial charge is 0.449 e. The Balaban J connectivity index is 2.02. The Morgan fingerprint density at radius 1 is 1.29 bits per heavy atom. The second-order valence-electron chi connectivity index (χ2n) is 6.09. The van der Waals surface area contributed by atoms with Gasteiger partial charge in [-0.05, 0) is 39.3 Å². The van der Waals surface area contributed by atoms with Gasteiger partial charge < -0.3 is 9.64 Å². The van der Waals surface area contributed by atoms with E-state index in [1.165, 1.54) is 11.8 Å². The molecule has 0 bridgehead atoms. The van der Waals surface area contributed by atoms with E-state index in [1.54, 1.807) is 31.2 Å². The molecule has 0 saturated carbocycles. The van der Waals surface area contributed by atoms with Crippen LogP contribution < -0.4 is 0 Å². The number of rotatable bonds is 5. The van der Waals surface area contributed by atoms with Crippen LogP contribution in [0.1, 0.15) is 36.2 Å². The number of aryl methyl sites for hydroxylation is 1. The number of nitrogens with zero attached hydrogens (tertiary/aromatic N) is 1. The van der Waals surface area contributed by atoms with Gasteiger partial charge in [0.2, 0.25) is 0 Å². The molecule has 0 N–H and O–H groups in total. The van der Waals surface area contributed by atoms with Gasteiger partial charge >= 0.3 is 5.97 Å². The number of ether oxygens (including phenoxy) is 1. The molecule has 0 aliphatic carbocycles. The molecule has 0 unspecified atom stereocenters. The lowest BCUT2D eigenvalue weighted by molar-refractivity contribution is -0.141. The minimum absolute atomic E-state index is 0.0226. The Bertz CT molecular complexity index is 711. The highest BCUT2D eigenvalue weighted by Crippen LogP contribution is 2.19. The van der Waals surface area contributed by atoms with E-state index in [0.717, 1.165) is 5.56 Å². The van der Waals surface area contributed by atoms with E-state index in [-0.39, 0.29) is 23.5 Å². The van der Waals surface area contributed by atoms with Gasteiger partial charge in [-0.3, -0.25) is 4.79 Å². The SMILES string of the molecule is CCN(C(=O)[C@H](C)OC(=O)c1ccc(C)cc1)[C@@H]1CCS(=O)(=O)C1. The van der Waals surface area contributed by atoms with Crippen molar-refractivity contribution in [3.63, 3.8) is 0 Å². The van der Waals surface area contributed by atoms with Crippen molar-refractivity contribution < 1.29 is 22.7 Å². The first-order valence-corrected chi connectivity index (χ1v) is 9.84. The summed E-state index contributed by atoms with van der Waals surface area (Å²) in [5, 5.41) is 0. The van der Waals surface area contributed by atoms with Gasteiger partial charge in [-0.15, -0.1) is 0 Å². The average molecular weight is 353 g/mol. The molecule has 1 aliphatic rings. The van der Waals surface area contributed by atoms with Crippen LogP contribution >= 0.6 is 0 Å². The van der Waals surface area contributed by atoms with Crippen LogP contribution in [-0.2, 0) is 19.4 Å². The zero-order valence-corrected chi connectivity index (χ0v) is 15.0. The van der Waals surface area contributed by atoms with Gasteiger partial charge in [0.05, 0.1) is 17.1 Å². The van der Waals surface area contributed by atoms with Crippen LogP contribution in [0.4, 0.5) is 0 Å². The van der Waals surface area contributed by atoms with Gasteiger partial charge in [-0.2, -0.15) is 0 Å². The molecule has 6 nitrogen and oxygen atoms in total. The normalized spacial score (nSPS) is 20.4. The first-order valence-electron chi connectivity index (χ1n) is 8.02. The zero-order valence-electron chi connectivity index (χ0n) is 14.2. The third kappa shape index (κ3) is 4.35. The van der Waals surface area contributed by atoms with E-state index in [4.69, 9.17) is 4.74 Å². The second-order valence-corrected chi connectivity index (χ2v) is 8.32. The molecular formula is C17H23NO5S. The van der Waals surface area contributed by atoms with Crippen molar-refractivity contribution in [1.29, 1.82) is 0 Å². The van der Waals surface area contributed by atoms with Gasteiger partial charge in [0, 0.05) is 12.6 Å². The van der Waals surface area contributed by atoms with E-state index in [9.17, 15) is 18.0 Å². The van der Waals surface area contributed by atoms with Gasteiger partial charge in [0.15, 0.2) is 15.9 Å². The smallest absolute Gasteiger partial charge is 0.338 e. The summed E-state index contributed by atoms with van der Waals surface area (Å²) >= 11 is 0. The highest BCUT2D eigenvalue weighted by molar-refractivity contribution is 7.91. The fraction of sp³-hybridized carbons (Fsp3) is 0.529. The molecule has 0 aromatic heterocycles. The summed E-state index contributed by atoms with van der Waals surface area (Å²) in [6, 6.07) is 6.55. The highest BCUT2D eigenvalue weighted by Gasteiger charge is 2.36. The molecule has 1 aliphatic heterocycles. The van der Waals surface area contributed by atoms with E-state index in [2.05, 4.69) is 0 Å². The summed E-state index contributed by atoms with van der Waals surface area (Å²) in [6.45, 7) is 5.60. The number of benzene rings is 1. The number of hydrogen-bond acceptors (Lipinski definition) is 5. The van der Waals surface area contributed by atoms with Crippen LogP contribution in [0, 0.1) is 6.92 Å². The van der Waals surface area contributed by atoms with Crippen molar-refractivity contribution in [1.82, 2.24) is 4.90 Å². The van der Waals surface area contributed by atoms with Crippen molar-refractivity contribution in [3.05, 3.63) is 35.4 Å². The predicted molar refractivity (Wildman–Crippen MR) is 90.5 cm³/mol. The summed E-state index contributed by atoms with van der Waals surface area (Å²) in [4.78, 5) is 26.2. The molecule has 24 heavy (non-hydrogen) atoms. The molecule has 1 fully saturated rings. The van der Waals surface area contributed by atoms with Crippen molar-refractivity contribution >= 4 is 21.7 Å². The van der Waals surface area contributed by atoms with Crippen molar-refractivity contribution in [2.45, 2.75) is 39.3 Å². The van der Waals surface area contributed by atoms with Crippen molar-refractivity contribution in [2.24, 2.45) is 0 Å². The van der Waals surface area contributed by atoms with E-state index in [0.29, 0.717) is 18.5 Å². The number of likely N-dealkylation sites (N-methyl/N-ethyl adjacent to an activating group) is 1. The monoisotopic (exact) mass is 353 g/mol. The molecule has 1 amide bonds. The fourth-order valence-electron chi connectivity index (χ4n) is 2.82. The average Bonchev–Trinajstić information content (AvgIpc) is 2.88. The maximum atomic E-state index is 12.5. The Kier molecular flexibility index (Phi) is 5.64. The molecule has 7 heteroatoms. The summed E-state index contributed by atoms with van der Waals surface area (Å²) in [7, 11) is -3.08. The molecule has 1 aromatic carbocycles. The number of sulfone groups is 1. The minimum atomic E-state index is -3.08. The number of amides is 1. The van der Waals surface area contributed by atoms with E-state index >= 15 is 0 Å². The number of carbonyl (C=O) groups excluding carboxylic acids is 2. The number of esters is 1. The Morgan fingerprint density at radius 3 is 2.42 bits per heavy atom. The molecule has 2 rings (SSSR count). The lowest BCUT2D eigenvalue weighted by Crippen LogP contribution is -2.46. The molecule has 0 spiro atoms. The topological polar surface area (TPSA) is 80.8 Å². The van der Waals surface area contributed by atoms with Crippen LogP contribution in [0.15, 0.2) is 24.3 Å². The molecule has 132 valence electrons. The Morgan fingerprint density at radius 2 is 1.92 bits per heavy atom. The van der Waals surface area contributed by atoms with Crippen LogP contribution in [0.5, 0.6) is 0 Å². The molecular weight excluding hydrogens is 330 g/mol. The Hall–Kier alpha value is -1.89. The highest BCUT2D eigenvalue weighted by atomic mass is 32.2. The molecule has 1 saturated heterocycles. The Labute approximate surface area is 142 Å². The fourth-order valence-corrected chi connectivity index (χ4v) is 4.55. The van der Waals surface area contributed by atoms with Crippen LogP contribution in [0.2, 0.25) is 0 Å². The molecule has 1 aromatic rings. The molecule has 0 radical (unpaired) electrons. The van der Waals surface area contributed by atoms with E-state index in [1.807, 2.05) is 6.92 Å². The standard InChI is InChI=1S/C17H23NO5S/c1-4-18(15-9-10-24(21,22)11-15)16(19)13(3)23-17(20)14-7-5-12(2)6-8-14/h5-8,13,15H,4,9-11H2,1-3H3/t13-,15+/m0/s1. The maximum Gasteiger partial charge on any atom is 0.338 e. The number of carbonyl (C=O) groups is 2. The lowest BCUT2D eigenvalue weighted by atomic mass is 10.1. The minimum Gasteiger partial charge on any atom is -0.449 e. The van der Waals surface area contributed by atoms with Crippen LogP contribution in [0.3, 0.4) is 0 Å². The van der Waals surface area contributed by atoms with Gasteiger partial charge in [-0.1, -0.05) is 17.7 Å². The summed E-state index contributed by atoms with van der Waals surface area (Å²) in [5.74, 6) is -0.851. The quantitative estimate of drug-likeness (QED) is 0.751. The molecule has 2 atom stereocenters. The van der Waals surface area contributed by atoms with E-state index < -0.39 is 21.9 Å². The van der Waals surface area contributed by atoms with Crippen LogP contribution in [-0.4, -0.2) is 55.4 Å². The van der Waals surface area contributed by atoms with Gasteiger partial charge in [-0.25, -0.2) is 13.2 Å². The summed E-state index contributed by atoms with van der Waals surface area (Å²) < 4.78 is 28.5. The lowest BCUT2D eigenvalue weighted by Gasteiger charge is -2.29. The third-order valence-electron chi connectivity index (χ3n) is 4.19. The maximum absolute atomic E-state index is 12.5. The number of hydrogen-bond donors (Lipinski definition) is 0.